The molecule has 0 radical (unpaired) electrons. The van der Waals surface area contributed by atoms with Crippen molar-refractivity contribution in [3.63, 3.8) is 0 Å². The van der Waals surface area contributed by atoms with Crippen molar-refractivity contribution in [3.05, 3.63) is 0 Å². The van der Waals surface area contributed by atoms with E-state index < -0.39 is 10.8 Å². The van der Waals surface area contributed by atoms with Gasteiger partial charge in [0.1, 0.15) is 0 Å². The molecule has 0 aromatic heterocycles. The first-order chi connectivity index (χ1) is 9.81. The van der Waals surface area contributed by atoms with Gasteiger partial charge in [0.2, 0.25) is 0 Å². The first kappa shape index (κ1) is 20.1. The van der Waals surface area contributed by atoms with Crippen LogP contribution in [0.1, 0.15) is 84.0 Å². The summed E-state index contributed by atoms with van der Waals surface area (Å²) in [6, 6.07) is 0. The smallest absolute Gasteiger partial charge is 0.0359 e. The molecule has 0 saturated carbocycles. The predicted octanol–water partition coefficient (Wildman–Crippen LogP) is 4.66. The van der Waals surface area contributed by atoms with E-state index in [1.165, 1.54) is 70.6 Å². The van der Waals surface area contributed by atoms with Crippen LogP contribution in [-0.2, 0) is 10.8 Å². The minimum atomic E-state index is -0.597. The highest BCUT2D eigenvalue weighted by Gasteiger charge is 1.98. The van der Waals surface area contributed by atoms with E-state index in [4.69, 9.17) is 0 Å². The Morgan fingerprint density at radius 1 is 0.700 bits per heavy atom. The van der Waals surface area contributed by atoms with Gasteiger partial charge in [0.05, 0.1) is 0 Å². The summed E-state index contributed by atoms with van der Waals surface area (Å²) < 4.78 is 11.6. The van der Waals surface area contributed by atoms with Crippen molar-refractivity contribution in [2.45, 2.75) is 84.0 Å². The summed E-state index contributed by atoms with van der Waals surface area (Å²) >= 11 is 0. The molecule has 122 valence electrons. The van der Waals surface area contributed by atoms with E-state index in [0.717, 1.165) is 24.5 Å². The minimum absolute atomic E-state index is 0.597. The number of unbranched alkanes of at least 4 members (excludes halogenated alkanes) is 11. The summed E-state index contributed by atoms with van der Waals surface area (Å²) in [5, 5.41) is 3.05. The summed E-state index contributed by atoms with van der Waals surface area (Å²) in [6.07, 6.45) is 16.4. The Hall–Kier alpha value is 0.110. The van der Waals surface area contributed by atoms with Crippen molar-refractivity contribution in [2.24, 2.45) is 0 Å². The van der Waals surface area contributed by atoms with Crippen LogP contribution in [0.15, 0.2) is 0 Å². The highest BCUT2D eigenvalue weighted by atomic mass is 32.2. The molecule has 0 aliphatic carbocycles. The summed E-state index contributed by atoms with van der Waals surface area (Å²) in [4.78, 5) is 0. The average Bonchev–Trinajstić information content (AvgIpc) is 2.46. The maximum atomic E-state index is 11.6. The van der Waals surface area contributed by atoms with Gasteiger partial charge in [-0.15, -0.1) is 0 Å². The summed E-state index contributed by atoms with van der Waals surface area (Å²) in [5.41, 5.74) is 0. The van der Waals surface area contributed by atoms with Gasteiger partial charge in [-0.3, -0.25) is 4.21 Å². The zero-order valence-electron chi connectivity index (χ0n) is 13.9. The summed E-state index contributed by atoms with van der Waals surface area (Å²) in [5.74, 6) is 1.72. The van der Waals surface area contributed by atoms with Crippen molar-refractivity contribution >= 4 is 10.8 Å². The van der Waals surface area contributed by atoms with E-state index >= 15 is 0 Å². The predicted molar refractivity (Wildman–Crippen MR) is 92.9 cm³/mol. The van der Waals surface area contributed by atoms with Gasteiger partial charge in [0.15, 0.2) is 0 Å². The van der Waals surface area contributed by atoms with Crippen LogP contribution in [0.3, 0.4) is 0 Å². The molecule has 0 aromatic carbocycles. The van der Waals surface area contributed by atoms with Gasteiger partial charge in [-0.05, 0) is 13.5 Å². The minimum Gasteiger partial charge on any atom is -0.319 e. The van der Waals surface area contributed by atoms with Gasteiger partial charge in [0.25, 0.3) is 0 Å². The standard InChI is InChI=1S/C17H37NOS/c1-3-4-5-6-7-8-9-10-11-12-13-14-16-20(19)17-15-18-2/h18H,3-17H2,1-2H3. The topological polar surface area (TPSA) is 29.1 Å². The SMILES string of the molecule is CCCCCCCCCCCCCCS(=O)CCNC. The van der Waals surface area contributed by atoms with Gasteiger partial charge in [-0.2, -0.15) is 0 Å². The second kappa shape index (κ2) is 17.2. The molecule has 0 amide bonds. The number of rotatable bonds is 16. The lowest BCUT2D eigenvalue weighted by atomic mass is 10.1. The van der Waals surface area contributed by atoms with E-state index in [2.05, 4.69) is 12.2 Å². The third-order valence-corrected chi connectivity index (χ3v) is 5.21. The third kappa shape index (κ3) is 16.2. The Morgan fingerprint density at radius 3 is 1.60 bits per heavy atom. The van der Waals surface area contributed by atoms with Crippen molar-refractivity contribution in [2.75, 3.05) is 25.1 Å². The molecule has 0 rings (SSSR count). The molecule has 0 aliphatic rings. The molecule has 0 fully saturated rings. The molecular weight excluding hydrogens is 266 g/mol. The normalized spacial score (nSPS) is 12.7. The maximum Gasteiger partial charge on any atom is 0.0359 e. The monoisotopic (exact) mass is 303 g/mol. The Bertz CT molecular complexity index is 209. The molecule has 3 heteroatoms. The molecule has 0 aromatic rings. The first-order valence-electron chi connectivity index (χ1n) is 8.80. The van der Waals surface area contributed by atoms with Gasteiger partial charge in [-0.25, -0.2) is 0 Å². The number of hydrogen-bond acceptors (Lipinski definition) is 2. The van der Waals surface area contributed by atoms with Crippen molar-refractivity contribution in [1.29, 1.82) is 0 Å². The molecule has 2 nitrogen and oxygen atoms in total. The summed E-state index contributed by atoms with van der Waals surface area (Å²) in [6.45, 7) is 3.15. The van der Waals surface area contributed by atoms with Crippen LogP contribution >= 0.6 is 0 Å². The zero-order chi connectivity index (χ0) is 14.9. The molecule has 1 N–H and O–H groups in total. The van der Waals surface area contributed by atoms with Crippen LogP contribution in [0, 0.1) is 0 Å². The third-order valence-electron chi connectivity index (χ3n) is 3.81. The van der Waals surface area contributed by atoms with Crippen LogP contribution in [0.4, 0.5) is 0 Å². The Balaban J connectivity index is 3.04. The van der Waals surface area contributed by atoms with Crippen molar-refractivity contribution in [3.8, 4) is 0 Å². The van der Waals surface area contributed by atoms with E-state index in [9.17, 15) is 4.21 Å². The fraction of sp³-hybridized carbons (Fsp3) is 1.00. The van der Waals surface area contributed by atoms with Gasteiger partial charge >= 0.3 is 0 Å². The largest absolute Gasteiger partial charge is 0.319 e. The second-order valence-electron chi connectivity index (χ2n) is 5.84. The number of nitrogens with one attached hydrogen (secondary N) is 1. The van der Waals surface area contributed by atoms with Crippen LogP contribution in [-0.4, -0.2) is 29.3 Å². The maximum absolute atomic E-state index is 11.6. The van der Waals surface area contributed by atoms with Crippen molar-refractivity contribution in [1.82, 2.24) is 5.32 Å². The van der Waals surface area contributed by atoms with E-state index in [1.807, 2.05) is 7.05 Å². The fourth-order valence-corrected chi connectivity index (χ4v) is 3.58. The van der Waals surface area contributed by atoms with E-state index in [1.54, 1.807) is 0 Å². The first-order valence-corrected chi connectivity index (χ1v) is 10.3. The highest BCUT2D eigenvalue weighted by Crippen LogP contribution is 2.11. The molecule has 0 spiro atoms. The van der Waals surface area contributed by atoms with Crippen LogP contribution < -0.4 is 5.32 Å². The van der Waals surface area contributed by atoms with Crippen molar-refractivity contribution < 1.29 is 4.21 Å². The van der Waals surface area contributed by atoms with Crippen LogP contribution in [0.2, 0.25) is 0 Å². The molecule has 0 heterocycles. The Labute approximate surface area is 130 Å². The molecule has 0 bridgehead atoms. The average molecular weight is 304 g/mol. The lowest BCUT2D eigenvalue weighted by Gasteiger charge is -2.03. The Morgan fingerprint density at radius 2 is 1.15 bits per heavy atom. The fourth-order valence-electron chi connectivity index (χ4n) is 2.42. The van der Waals surface area contributed by atoms with Gasteiger partial charge in [0, 0.05) is 28.9 Å². The molecule has 1 atom stereocenters. The summed E-state index contributed by atoms with van der Waals surface area (Å²) in [7, 11) is 1.32. The van der Waals surface area contributed by atoms with E-state index in [0.29, 0.717) is 0 Å². The van der Waals surface area contributed by atoms with Gasteiger partial charge in [-0.1, -0.05) is 77.6 Å². The number of hydrogen-bond donors (Lipinski definition) is 1. The zero-order valence-corrected chi connectivity index (χ0v) is 14.7. The molecule has 1 unspecified atom stereocenters. The van der Waals surface area contributed by atoms with Crippen LogP contribution in [0.5, 0.6) is 0 Å². The lowest BCUT2D eigenvalue weighted by molar-refractivity contribution is 0.548. The quantitative estimate of drug-likeness (QED) is 0.420. The highest BCUT2D eigenvalue weighted by molar-refractivity contribution is 7.84. The second-order valence-corrected chi connectivity index (χ2v) is 7.54. The Kier molecular flexibility index (Phi) is 17.3. The molecule has 0 saturated heterocycles. The molecule has 0 aliphatic heterocycles. The van der Waals surface area contributed by atoms with Crippen LogP contribution in [0.25, 0.3) is 0 Å². The molecular formula is C17H37NOS. The lowest BCUT2D eigenvalue weighted by Crippen LogP contribution is -2.16. The van der Waals surface area contributed by atoms with E-state index in [-0.39, 0.29) is 0 Å². The van der Waals surface area contributed by atoms with Gasteiger partial charge < -0.3 is 5.32 Å². The molecule has 20 heavy (non-hydrogen) atoms.